The molecule has 0 radical (unpaired) electrons. The summed E-state index contributed by atoms with van der Waals surface area (Å²) in [5.41, 5.74) is 5.53. The molecule has 0 bridgehead atoms. The van der Waals surface area contributed by atoms with Gasteiger partial charge in [0.05, 0.1) is 0 Å². The van der Waals surface area contributed by atoms with Gasteiger partial charge >= 0.3 is 0 Å². The Bertz CT molecular complexity index is 321. The number of rotatable bonds is 1. The lowest BCUT2D eigenvalue weighted by Crippen LogP contribution is -2.20. The van der Waals surface area contributed by atoms with Gasteiger partial charge in [0.1, 0.15) is 11.0 Å². The summed E-state index contributed by atoms with van der Waals surface area (Å²) in [5, 5.41) is 0.409. The fraction of sp³-hybridized carbons (Fsp3) is 0.556. The van der Waals surface area contributed by atoms with Crippen LogP contribution >= 0.6 is 11.6 Å². The molecule has 1 unspecified atom stereocenters. The van der Waals surface area contributed by atoms with E-state index in [0.717, 1.165) is 18.9 Å². The normalized spacial score (nSPS) is 21.6. The summed E-state index contributed by atoms with van der Waals surface area (Å²) in [5.74, 6) is 1.80. The summed E-state index contributed by atoms with van der Waals surface area (Å²) >= 11 is 5.81. The predicted molar refractivity (Wildman–Crippen MR) is 57.4 cm³/mol. The molecule has 14 heavy (non-hydrogen) atoms. The first-order chi connectivity index (χ1) is 6.65. The molecule has 0 saturated carbocycles. The second-order valence-electron chi connectivity index (χ2n) is 3.75. The average Bonchev–Trinajstić information content (AvgIpc) is 2.50. The summed E-state index contributed by atoms with van der Waals surface area (Å²) in [7, 11) is 0. The van der Waals surface area contributed by atoms with E-state index in [1.165, 1.54) is 6.42 Å². The van der Waals surface area contributed by atoms with Gasteiger partial charge in [-0.1, -0.05) is 18.5 Å². The van der Waals surface area contributed by atoms with Gasteiger partial charge < -0.3 is 10.6 Å². The lowest BCUT2D eigenvalue weighted by Gasteiger charge is -2.16. The minimum atomic E-state index is 0.243. The summed E-state index contributed by atoms with van der Waals surface area (Å²) in [4.78, 5) is 10.2. The molecule has 1 saturated heterocycles. The molecule has 5 heteroatoms. The van der Waals surface area contributed by atoms with Crippen molar-refractivity contribution in [3.8, 4) is 0 Å². The second-order valence-corrected chi connectivity index (χ2v) is 4.13. The molecule has 4 nitrogen and oxygen atoms in total. The van der Waals surface area contributed by atoms with Crippen molar-refractivity contribution >= 4 is 23.4 Å². The fourth-order valence-corrected chi connectivity index (χ4v) is 1.91. The number of hydrogen-bond donors (Lipinski definition) is 1. The van der Waals surface area contributed by atoms with Crippen LogP contribution in [0.3, 0.4) is 0 Å². The summed E-state index contributed by atoms with van der Waals surface area (Å²) in [6.07, 6.45) is 1.20. The van der Waals surface area contributed by atoms with Crippen molar-refractivity contribution in [3.05, 3.63) is 11.2 Å². The quantitative estimate of drug-likeness (QED) is 0.718. The fourth-order valence-electron chi connectivity index (χ4n) is 1.73. The monoisotopic (exact) mass is 212 g/mol. The first-order valence-electron chi connectivity index (χ1n) is 4.70. The standard InChI is InChI=1S/C9H13ClN4/c1-6-2-3-14(5-6)8-4-7(10)12-9(11)13-8/h4,6H,2-3,5H2,1H3,(H2,11,12,13). The van der Waals surface area contributed by atoms with Gasteiger partial charge in [-0.15, -0.1) is 0 Å². The lowest BCUT2D eigenvalue weighted by atomic mass is 10.2. The van der Waals surface area contributed by atoms with Crippen LogP contribution in [-0.2, 0) is 0 Å². The van der Waals surface area contributed by atoms with Crippen LogP contribution in [0, 0.1) is 5.92 Å². The average molecular weight is 213 g/mol. The van der Waals surface area contributed by atoms with Crippen LogP contribution in [-0.4, -0.2) is 23.1 Å². The zero-order chi connectivity index (χ0) is 10.1. The Labute approximate surface area is 88.1 Å². The molecular weight excluding hydrogens is 200 g/mol. The van der Waals surface area contributed by atoms with Crippen molar-refractivity contribution in [2.45, 2.75) is 13.3 Å². The first-order valence-corrected chi connectivity index (χ1v) is 5.08. The van der Waals surface area contributed by atoms with Crippen LogP contribution in [0.5, 0.6) is 0 Å². The summed E-state index contributed by atoms with van der Waals surface area (Å²) in [6.45, 7) is 4.27. The number of nitrogens with zero attached hydrogens (tertiary/aromatic N) is 3. The van der Waals surface area contributed by atoms with E-state index in [0.29, 0.717) is 11.1 Å². The van der Waals surface area contributed by atoms with Gasteiger partial charge in [-0.2, -0.15) is 4.98 Å². The third-order valence-electron chi connectivity index (χ3n) is 2.45. The maximum absolute atomic E-state index is 5.81. The molecule has 1 fully saturated rings. The number of aromatic nitrogens is 2. The Morgan fingerprint density at radius 2 is 2.36 bits per heavy atom. The van der Waals surface area contributed by atoms with Crippen molar-refractivity contribution in [1.82, 2.24) is 9.97 Å². The zero-order valence-corrected chi connectivity index (χ0v) is 8.83. The minimum Gasteiger partial charge on any atom is -0.368 e. The van der Waals surface area contributed by atoms with Gasteiger partial charge in [0.25, 0.3) is 0 Å². The maximum atomic E-state index is 5.81. The Morgan fingerprint density at radius 3 is 2.93 bits per heavy atom. The molecule has 1 aromatic rings. The molecule has 0 aromatic carbocycles. The van der Waals surface area contributed by atoms with Crippen molar-refractivity contribution in [2.75, 3.05) is 23.7 Å². The smallest absolute Gasteiger partial charge is 0.223 e. The van der Waals surface area contributed by atoms with Crippen LogP contribution in [0.15, 0.2) is 6.07 Å². The number of hydrogen-bond acceptors (Lipinski definition) is 4. The first kappa shape index (κ1) is 9.52. The molecule has 2 N–H and O–H groups in total. The Morgan fingerprint density at radius 1 is 1.57 bits per heavy atom. The molecule has 2 heterocycles. The highest BCUT2D eigenvalue weighted by Gasteiger charge is 2.20. The number of halogens is 1. The molecule has 0 aliphatic carbocycles. The van der Waals surface area contributed by atoms with Crippen LogP contribution in [0.2, 0.25) is 5.15 Å². The third-order valence-corrected chi connectivity index (χ3v) is 2.64. The third kappa shape index (κ3) is 1.90. The Hall–Kier alpha value is -1.03. The molecule has 1 aliphatic heterocycles. The molecule has 76 valence electrons. The van der Waals surface area contributed by atoms with Crippen LogP contribution in [0.1, 0.15) is 13.3 Å². The molecule has 1 aromatic heterocycles. The van der Waals surface area contributed by atoms with Gasteiger partial charge in [0, 0.05) is 19.2 Å². The molecule has 0 amide bonds. The van der Waals surface area contributed by atoms with Gasteiger partial charge in [0.2, 0.25) is 5.95 Å². The number of nitrogen functional groups attached to an aromatic ring is 1. The number of nitrogens with two attached hydrogens (primary N) is 1. The molecule has 1 aliphatic rings. The van der Waals surface area contributed by atoms with Crippen molar-refractivity contribution in [1.29, 1.82) is 0 Å². The largest absolute Gasteiger partial charge is 0.368 e. The van der Waals surface area contributed by atoms with Crippen LogP contribution in [0.25, 0.3) is 0 Å². The molecule has 2 rings (SSSR count). The number of anilines is 2. The molecule has 0 spiro atoms. The highest BCUT2D eigenvalue weighted by molar-refractivity contribution is 6.29. The Kier molecular flexibility index (Phi) is 2.46. The lowest BCUT2D eigenvalue weighted by molar-refractivity contribution is 0.659. The predicted octanol–water partition coefficient (Wildman–Crippen LogP) is 1.56. The van der Waals surface area contributed by atoms with E-state index in [-0.39, 0.29) is 5.95 Å². The van der Waals surface area contributed by atoms with Crippen molar-refractivity contribution in [3.63, 3.8) is 0 Å². The second kappa shape index (κ2) is 3.61. The van der Waals surface area contributed by atoms with E-state index < -0.39 is 0 Å². The SMILES string of the molecule is CC1CCN(c2cc(Cl)nc(N)n2)C1. The van der Waals surface area contributed by atoms with Crippen LogP contribution < -0.4 is 10.6 Å². The Balaban J connectivity index is 2.23. The molecular formula is C9H13ClN4. The zero-order valence-electron chi connectivity index (χ0n) is 8.07. The van der Waals surface area contributed by atoms with Crippen LogP contribution in [0.4, 0.5) is 11.8 Å². The molecule has 1 atom stereocenters. The van der Waals surface area contributed by atoms with E-state index in [4.69, 9.17) is 17.3 Å². The van der Waals surface area contributed by atoms with E-state index in [2.05, 4.69) is 21.8 Å². The van der Waals surface area contributed by atoms with E-state index in [9.17, 15) is 0 Å². The van der Waals surface area contributed by atoms with Crippen molar-refractivity contribution in [2.24, 2.45) is 5.92 Å². The van der Waals surface area contributed by atoms with E-state index in [1.807, 2.05) is 0 Å². The van der Waals surface area contributed by atoms with Gasteiger partial charge in [0.15, 0.2) is 0 Å². The maximum Gasteiger partial charge on any atom is 0.223 e. The van der Waals surface area contributed by atoms with Gasteiger partial charge in [-0.05, 0) is 12.3 Å². The topological polar surface area (TPSA) is 55.0 Å². The highest BCUT2D eigenvalue weighted by atomic mass is 35.5. The van der Waals surface area contributed by atoms with Gasteiger partial charge in [-0.3, -0.25) is 0 Å². The highest BCUT2D eigenvalue weighted by Crippen LogP contribution is 2.23. The summed E-state index contributed by atoms with van der Waals surface area (Å²) in [6, 6.07) is 1.76. The van der Waals surface area contributed by atoms with Crippen molar-refractivity contribution < 1.29 is 0 Å². The van der Waals surface area contributed by atoms with E-state index in [1.54, 1.807) is 6.07 Å². The van der Waals surface area contributed by atoms with Gasteiger partial charge in [-0.25, -0.2) is 4.98 Å². The van der Waals surface area contributed by atoms with E-state index >= 15 is 0 Å². The minimum absolute atomic E-state index is 0.243. The summed E-state index contributed by atoms with van der Waals surface area (Å²) < 4.78 is 0.